The van der Waals surface area contributed by atoms with Crippen molar-refractivity contribution in [3.63, 3.8) is 0 Å². The van der Waals surface area contributed by atoms with Crippen LogP contribution in [-0.4, -0.2) is 21.0 Å². The second-order valence-corrected chi connectivity index (χ2v) is 7.43. The molecule has 4 nitrogen and oxygen atoms in total. The van der Waals surface area contributed by atoms with Crippen LogP contribution in [0.25, 0.3) is 0 Å². The maximum Gasteiger partial charge on any atom is 0.306 e. The number of ether oxygens (including phenoxy) is 1. The normalized spacial score (nSPS) is 11.3. The number of hydrogen-bond donors (Lipinski definition) is 0. The lowest BCUT2D eigenvalue weighted by atomic mass is 10.1. The number of benzene rings is 1. The van der Waals surface area contributed by atoms with Gasteiger partial charge >= 0.3 is 5.97 Å². The Balaban J connectivity index is 2.30. The van der Waals surface area contributed by atoms with Gasteiger partial charge in [-0.1, -0.05) is 38.3 Å². The highest BCUT2D eigenvalue weighted by Crippen LogP contribution is 2.16. The first kappa shape index (κ1) is 18.0. The molecule has 0 heterocycles. The van der Waals surface area contributed by atoms with Crippen LogP contribution in [0.3, 0.4) is 0 Å². The van der Waals surface area contributed by atoms with Gasteiger partial charge in [-0.25, -0.2) is 8.42 Å². The molecule has 0 spiro atoms. The first-order valence-electron chi connectivity index (χ1n) is 7.12. The molecule has 0 saturated heterocycles. The molecular weight excluding hydrogens is 312 g/mol. The molecule has 1 rings (SSSR count). The molecule has 1 aromatic carbocycles. The number of hydrogen-bond acceptors (Lipinski definition) is 4. The van der Waals surface area contributed by atoms with Gasteiger partial charge in [-0.15, -0.1) is 0 Å². The van der Waals surface area contributed by atoms with Crippen molar-refractivity contribution in [2.75, 3.05) is 6.61 Å². The lowest BCUT2D eigenvalue weighted by Crippen LogP contribution is -2.07. The molecule has 0 bridgehead atoms. The first-order valence-corrected chi connectivity index (χ1v) is 9.43. The Morgan fingerprint density at radius 2 is 1.81 bits per heavy atom. The van der Waals surface area contributed by atoms with Crippen LogP contribution in [0.15, 0.2) is 29.2 Å². The van der Waals surface area contributed by atoms with Crippen LogP contribution < -0.4 is 0 Å². The Hall–Kier alpha value is -1.07. The molecule has 0 N–H and O–H groups in total. The van der Waals surface area contributed by atoms with E-state index in [4.69, 9.17) is 15.4 Å². The topological polar surface area (TPSA) is 60.4 Å². The number of esters is 1. The highest BCUT2D eigenvalue weighted by atomic mass is 35.7. The maximum absolute atomic E-state index is 11.5. The molecule has 0 aromatic heterocycles. The molecule has 0 aliphatic heterocycles. The Labute approximate surface area is 130 Å². The van der Waals surface area contributed by atoms with E-state index in [2.05, 4.69) is 6.92 Å². The zero-order valence-corrected chi connectivity index (χ0v) is 13.8. The summed E-state index contributed by atoms with van der Waals surface area (Å²) in [6.45, 7) is 2.61. The maximum atomic E-state index is 11.5. The summed E-state index contributed by atoms with van der Waals surface area (Å²) < 4.78 is 27.3. The minimum atomic E-state index is -3.69. The van der Waals surface area contributed by atoms with Crippen molar-refractivity contribution < 1.29 is 17.9 Å². The van der Waals surface area contributed by atoms with Gasteiger partial charge < -0.3 is 4.74 Å². The second kappa shape index (κ2) is 9.05. The third-order valence-corrected chi connectivity index (χ3v) is 4.45. The molecule has 0 fully saturated rings. The summed E-state index contributed by atoms with van der Waals surface area (Å²) in [6.07, 6.45) is 5.12. The van der Waals surface area contributed by atoms with Gasteiger partial charge in [0.05, 0.1) is 11.5 Å². The minimum Gasteiger partial charge on any atom is -0.466 e. The SMILES string of the molecule is CCCCCCOC(=O)CCc1ccc(S(=O)(=O)Cl)cc1. The summed E-state index contributed by atoms with van der Waals surface area (Å²) >= 11 is 0. The molecule has 0 aliphatic rings. The molecule has 0 amide bonds. The van der Waals surface area contributed by atoms with Gasteiger partial charge in [0, 0.05) is 17.1 Å². The Kier molecular flexibility index (Phi) is 7.75. The fourth-order valence-corrected chi connectivity index (χ4v) is 2.62. The van der Waals surface area contributed by atoms with E-state index in [1.54, 1.807) is 12.1 Å². The largest absolute Gasteiger partial charge is 0.466 e. The summed E-state index contributed by atoms with van der Waals surface area (Å²) in [7, 11) is 1.54. The van der Waals surface area contributed by atoms with Crippen molar-refractivity contribution in [3.05, 3.63) is 29.8 Å². The van der Waals surface area contributed by atoms with Gasteiger partial charge in [-0.3, -0.25) is 4.79 Å². The van der Waals surface area contributed by atoms with Crippen LogP contribution in [0.5, 0.6) is 0 Å². The van der Waals surface area contributed by atoms with Crippen molar-refractivity contribution in [2.24, 2.45) is 0 Å². The fourth-order valence-electron chi connectivity index (χ4n) is 1.85. The van der Waals surface area contributed by atoms with Crippen LogP contribution in [0.2, 0.25) is 0 Å². The summed E-state index contributed by atoms with van der Waals surface area (Å²) in [4.78, 5) is 11.6. The summed E-state index contributed by atoms with van der Waals surface area (Å²) in [5.74, 6) is -0.222. The number of aryl methyl sites for hydroxylation is 1. The first-order chi connectivity index (χ1) is 9.93. The average molecular weight is 333 g/mol. The number of rotatable bonds is 9. The van der Waals surface area contributed by atoms with Crippen LogP contribution in [-0.2, 0) is 25.0 Å². The molecule has 21 heavy (non-hydrogen) atoms. The molecule has 0 radical (unpaired) electrons. The van der Waals surface area contributed by atoms with E-state index < -0.39 is 9.05 Å². The molecule has 0 aliphatic carbocycles. The lowest BCUT2D eigenvalue weighted by molar-refractivity contribution is -0.143. The Bertz CT molecular complexity index is 537. The van der Waals surface area contributed by atoms with Crippen LogP contribution in [0.1, 0.15) is 44.6 Å². The molecular formula is C15H21ClO4S. The predicted octanol–water partition coefficient (Wildman–Crippen LogP) is 3.67. The molecule has 0 atom stereocenters. The molecule has 0 saturated carbocycles. The van der Waals surface area contributed by atoms with E-state index in [-0.39, 0.29) is 10.9 Å². The van der Waals surface area contributed by atoms with Gasteiger partial charge in [-0.2, -0.15) is 0 Å². The predicted molar refractivity (Wildman–Crippen MR) is 82.9 cm³/mol. The summed E-state index contributed by atoms with van der Waals surface area (Å²) in [5, 5.41) is 0. The van der Waals surface area contributed by atoms with Crippen molar-refractivity contribution in [1.82, 2.24) is 0 Å². The minimum absolute atomic E-state index is 0.0615. The van der Waals surface area contributed by atoms with Gasteiger partial charge in [0.1, 0.15) is 0 Å². The standard InChI is InChI=1S/C15H21ClO4S/c1-2-3-4-5-12-20-15(17)11-8-13-6-9-14(10-7-13)21(16,18)19/h6-7,9-10H,2-5,8,11-12H2,1H3. The van der Waals surface area contributed by atoms with Crippen LogP contribution in [0, 0.1) is 0 Å². The van der Waals surface area contributed by atoms with E-state index in [0.29, 0.717) is 19.4 Å². The fraction of sp³-hybridized carbons (Fsp3) is 0.533. The number of carbonyl (C=O) groups excluding carboxylic acids is 1. The van der Waals surface area contributed by atoms with Crippen molar-refractivity contribution in [1.29, 1.82) is 0 Å². The average Bonchev–Trinajstić information content (AvgIpc) is 2.44. The van der Waals surface area contributed by atoms with E-state index in [1.165, 1.54) is 12.1 Å². The lowest BCUT2D eigenvalue weighted by Gasteiger charge is -2.05. The monoisotopic (exact) mass is 332 g/mol. The third kappa shape index (κ3) is 7.48. The Morgan fingerprint density at radius 1 is 1.14 bits per heavy atom. The van der Waals surface area contributed by atoms with Crippen molar-refractivity contribution >= 4 is 25.7 Å². The van der Waals surface area contributed by atoms with Gasteiger partial charge in [0.2, 0.25) is 0 Å². The van der Waals surface area contributed by atoms with Crippen LogP contribution in [0.4, 0.5) is 0 Å². The Morgan fingerprint density at radius 3 is 2.38 bits per heavy atom. The van der Waals surface area contributed by atoms with Crippen molar-refractivity contribution in [3.8, 4) is 0 Å². The van der Waals surface area contributed by atoms with Gasteiger partial charge in [-0.05, 0) is 30.5 Å². The smallest absolute Gasteiger partial charge is 0.306 e. The second-order valence-electron chi connectivity index (χ2n) is 4.86. The molecule has 6 heteroatoms. The summed E-state index contributed by atoms with van der Waals surface area (Å²) in [6, 6.07) is 6.19. The van der Waals surface area contributed by atoms with Gasteiger partial charge in [0.15, 0.2) is 0 Å². The number of carbonyl (C=O) groups is 1. The molecule has 0 unspecified atom stereocenters. The highest BCUT2D eigenvalue weighted by Gasteiger charge is 2.09. The number of halogens is 1. The highest BCUT2D eigenvalue weighted by molar-refractivity contribution is 8.13. The van der Waals surface area contributed by atoms with Gasteiger partial charge in [0.25, 0.3) is 9.05 Å². The van der Waals surface area contributed by atoms with Crippen LogP contribution >= 0.6 is 10.7 Å². The number of unbranched alkanes of at least 4 members (excludes halogenated alkanes) is 3. The molecule has 118 valence electrons. The van der Waals surface area contributed by atoms with E-state index >= 15 is 0 Å². The zero-order valence-electron chi connectivity index (χ0n) is 12.2. The van der Waals surface area contributed by atoms with E-state index in [9.17, 15) is 13.2 Å². The van der Waals surface area contributed by atoms with E-state index in [1.807, 2.05) is 0 Å². The molecule has 1 aromatic rings. The quantitative estimate of drug-likeness (QED) is 0.393. The zero-order chi connectivity index (χ0) is 15.7. The van der Waals surface area contributed by atoms with E-state index in [0.717, 1.165) is 31.2 Å². The summed E-state index contributed by atoms with van der Waals surface area (Å²) in [5.41, 5.74) is 0.877. The van der Waals surface area contributed by atoms with Crippen molar-refractivity contribution in [2.45, 2.75) is 50.3 Å². The third-order valence-electron chi connectivity index (χ3n) is 3.08.